The number of nitriles is 1. The molecule has 0 bridgehead atoms. The van der Waals surface area contributed by atoms with E-state index in [1.54, 1.807) is 11.9 Å². The van der Waals surface area contributed by atoms with Gasteiger partial charge in [0.2, 0.25) is 0 Å². The van der Waals surface area contributed by atoms with Gasteiger partial charge in [-0.1, -0.05) is 0 Å². The highest BCUT2D eigenvalue weighted by molar-refractivity contribution is 6.18. The van der Waals surface area contributed by atoms with Crippen molar-refractivity contribution in [3.63, 3.8) is 0 Å². The first-order chi connectivity index (χ1) is 15.5. The number of ketones is 1. The average Bonchev–Trinajstić information content (AvgIpc) is 2.65. The van der Waals surface area contributed by atoms with Crippen LogP contribution in [0.5, 0.6) is 0 Å². The summed E-state index contributed by atoms with van der Waals surface area (Å²) in [5.41, 5.74) is -1.40. The molecule has 0 spiro atoms. The number of ether oxygens (including phenoxy) is 4. The van der Waals surface area contributed by atoms with E-state index in [4.69, 9.17) is 34.7 Å². The lowest BCUT2D eigenvalue weighted by molar-refractivity contribution is -0.224. The highest BCUT2D eigenvalue weighted by Crippen LogP contribution is 2.24. The summed E-state index contributed by atoms with van der Waals surface area (Å²) in [5.74, 6) is -5.54. The molecule has 0 aromatic heterocycles. The standard InChI is InChI=1S/C11H11NO5.C11H10NO5/c2*1-6(13)7(5-12)4-8-9(14)16-11(2,3)17-10(8)15/h4,13H,1-3H3;4H,1-3H3/q;-1/b7-6+;. The molecule has 0 amide bonds. The van der Waals surface area contributed by atoms with Crippen LogP contribution in [0.15, 0.2) is 40.2 Å². The molecule has 0 saturated carbocycles. The molecule has 2 aliphatic rings. The number of hydrogen-bond acceptors (Lipinski definition) is 11. The molecule has 2 saturated heterocycles. The van der Waals surface area contributed by atoms with Crippen LogP contribution in [0.25, 0.3) is 5.41 Å². The van der Waals surface area contributed by atoms with E-state index in [0.29, 0.717) is 0 Å². The van der Waals surface area contributed by atoms with Gasteiger partial charge in [-0.25, -0.2) is 19.2 Å². The molecule has 2 fully saturated rings. The zero-order valence-corrected chi connectivity index (χ0v) is 19.2. The van der Waals surface area contributed by atoms with Crippen molar-refractivity contribution in [2.45, 2.75) is 53.1 Å². The highest BCUT2D eigenvalue weighted by atomic mass is 16.7. The van der Waals surface area contributed by atoms with Gasteiger partial charge in [0.1, 0.15) is 23.0 Å². The van der Waals surface area contributed by atoms with Crippen molar-refractivity contribution in [3.05, 3.63) is 45.6 Å². The van der Waals surface area contributed by atoms with Gasteiger partial charge >= 0.3 is 23.9 Å². The first kappa shape index (κ1) is 27.5. The number of aliphatic hydroxyl groups is 1. The van der Waals surface area contributed by atoms with Gasteiger partial charge in [0.05, 0.1) is 5.57 Å². The Morgan fingerprint density at radius 3 is 1.47 bits per heavy atom. The minimum absolute atomic E-state index is 0.200. The van der Waals surface area contributed by atoms with Crippen molar-refractivity contribution in [2.75, 3.05) is 0 Å². The second kappa shape index (κ2) is 10.4. The minimum Gasteiger partial charge on any atom is -0.763 e. The maximum absolute atomic E-state index is 11.5. The van der Waals surface area contributed by atoms with Crippen molar-refractivity contribution >= 4 is 35.5 Å². The van der Waals surface area contributed by atoms with Crippen LogP contribution >= 0.6 is 0 Å². The topological polar surface area (TPSA) is 189 Å². The van der Waals surface area contributed by atoms with Crippen LogP contribution in [0.2, 0.25) is 0 Å². The minimum atomic E-state index is -1.34. The Balaban J connectivity index is 0.000000340. The largest absolute Gasteiger partial charge is 0.763 e. The Morgan fingerprint density at radius 1 is 0.853 bits per heavy atom. The maximum atomic E-state index is 11.5. The molecule has 0 aromatic rings. The predicted octanol–water partition coefficient (Wildman–Crippen LogP) is 1.61. The molecule has 2 aliphatic heterocycles. The van der Waals surface area contributed by atoms with Crippen LogP contribution in [0.3, 0.4) is 0 Å². The van der Waals surface area contributed by atoms with E-state index in [9.17, 15) is 24.0 Å². The van der Waals surface area contributed by atoms with Gasteiger partial charge in [-0.05, 0) is 26.0 Å². The summed E-state index contributed by atoms with van der Waals surface area (Å²) in [7, 11) is 0. The molecule has 34 heavy (non-hydrogen) atoms. The lowest BCUT2D eigenvalue weighted by Crippen LogP contribution is -2.41. The van der Waals surface area contributed by atoms with E-state index in [-0.39, 0.29) is 16.9 Å². The number of carbonyl (C=O) groups excluding carboxylic acids is 5. The third kappa shape index (κ3) is 7.29. The van der Waals surface area contributed by atoms with Crippen LogP contribution in [-0.4, -0.2) is 52.2 Å². The van der Waals surface area contributed by atoms with Gasteiger partial charge in [0.25, 0.3) is 11.6 Å². The number of esters is 4. The van der Waals surface area contributed by atoms with E-state index in [2.05, 4.69) is 0 Å². The summed E-state index contributed by atoms with van der Waals surface area (Å²) in [6, 6.07) is 1.65. The van der Waals surface area contributed by atoms with Crippen molar-refractivity contribution in [1.29, 1.82) is 5.26 Å². The quantitative estimate of drug-likeness (QED) is 0.156. The second-order valence-electron chi connectivity index (χ2n) is 7.67. The van der Waals surface area contributed by atoms with Crippen LogP contribution in [0, 0.1) is 11.3 Å². The number of nitrogens with zero attached hydrogens (tertiary/aromatic N) is 2. The molecule has 0 radical (unpaired) electrons. The van der Waals surface area contributed by atoms with Crippen LogP contribution in [0.4, 0.5) is 0 Å². The number of cyclic esters (lactones) is 4. The van der Waals surface area contributed by atoms with Crippen LogP contribution in [0.1, 0.15) is 41.5 Å². The van der Waals surface area contributed by atoms with E-state index < -0.39 is 52.4 Å². The van der Waals surface area contributed by atoms with Gasteiger partial charge in [-0.3, -0.25) is 10.7 Å². The number of aliphatic hydroxyl groups excluding tert-OH is 1. The van der Waals surface area contributed by atoms with Crippen molar-refractivity contribution < 1.29 is 48.0 Å². The molecule has 0 aliphatic carbocycles. The molecule has 1 N–H and O–H groups in total. The monoisotopic (exact) mass is 473 g/mol. The fraction of sp³-hybridized carbons (Fsp3) is 0.364. The summed E-state index contributed by atoms with van der Waals surface area (Å²) in [5, 5.41) is 26.5. The second-order valence-corrected chi connectivity index (χ2v) is 7.67. The molecular formula is C22H21N2O10-. The lowest BCUT2D eigenvalue weighted by Gasteiger charge is -2.29. The van der Waals surface area contributed by atoms with Crippen molar-refractivity contribution in [2.24, 2.45) is 0 Å². The third-order valence-electron chi connectivity index (χ3n) is 3.82. The van der Waals surface area contributed by atoms with Crippen LogP contribution < -0.4 is 0 Å². The van der Waals surface area contributed by atoms with Crippen LogP contribution in [-0.2, 0) is 42.9 Å². The zero-order valence-electron chi connectivity index (χ0n) is 19.2. The smallest absolute Gasteiger partial charge is 0.348 e. The third-order valence-corrected chi connectivity index (χ3v) is 3.82. The van der Waals surface area contributed by atoms with Gasteiger partial charge in [0.15, 0.2) is 5.78 Å². The SMILES string of the molecule is C/C(O)=C(\C#N)C=C1C(=O)OC(C)(C)OC1=O.CC(=O)C(=C=[N-])C=C1C(=O)OC(C)(C)OC1=O. The normalized spacial score (nSPS) is 18.7. The maximum Gasteiger partial charge on any atom is 0.348 e. The van der Waals surface area contributed by atoms with Gasteiger partial charge in [-0.2, -0.15) is 5.26 Å². The van der Waals surface area contributed by atoms with E-state index >= 15 is 0 Å². The van der Waals surface area contributed by atoms with E-state index in [1.165, 1.54) is 34.6 Å². The molecule has 180 valence electrons. The van der Waals surface area contributed by atoms with Crippen molar-refractivity contribution in [3.8, 4) is 6.07 Å². The number of allylic oxidation sites excluding steroid dienone is 5. The predicted molar refractivity (Wildman–Crippen MR) is 112 cm³/mol. The molecule has 0 unspecified atom stereocenters. The summed E-state index contributed by atoms with van der Waals surface area (Å²) in [4.78, 5) is 56.9. The summed E-state index contributed by atoms with van der Waals surface area (Å²) in [6.45, 7) is 8.05. The molecule has 12 heteroatoms. The Kier molecular flexibility index (Phi) is 8.44. The highest BCUT2D eigenvalue weighted by Gasteiger charge is 2.40. The Morgan fingerprint density at radius 2 is 1.21 bits per heavy atom. The fourth-order valence-electron chi connectivity index (χ4n) is 2.28. The van der Waals surface area contributed by atoms with Gasteiger partial charge in [0, 0.05) is 33.3 Å². The van der Waals surface area contributed by atoms with Crippen molar-refractivity contribution in [1.82, 2.24) is 0 Å². The molecular weight excluding hydrogens is 452 g/mol. The number of rotatable bonds is 3. The Labute approximate surface area is 194 Å². The van der Waals surface area contributed by atoms with E-state index in [1.807, 2.05) is 0 Å². The molecule has 2 rings (SSSR count). The summed E-state index contributed by atoms with van der Waals surface area (Å²) < 4.78 is 19.2. The molecule has 0 atom stereocenters. The number of hydrogen-bond donors (Lipinski definition) is 1. The molecule has 0 aromatic carbocycles. The first-order valence-electron chi connectivity index (χ1n) is 9.48. The number of carbonyl (C=O) groups is 5. The summed E-state index contributed by atoms with van der Waals surface area (Å²) >= 11 is 0. The number of Topliss-reactive ketones (excluding diaryl/α,β-unsaturated/α-hetero) is 1. The molecule has 12 nitrogen and oxygen atoms in total. The lowest BCUT2D eigenvalue weighted by atomic mass is 10.1. The van der Waals surface area contributed by atoms with Gasteiger partial charge in [-0.15, -0.1) is 0 Å². The Hall–Kier alpha value is -4.49. The average molecular weight is 473 g/mol. The molecule has 2 heterocycles. The van der Waals surface area contributed by atoms with E-state index in [0.717, 1.165) is 19.1 Å². The van der Waals surface area contributed by atoms with Gasteiger partial charge < -0.3 is 29.5 Å². The first-order valence-corrected chi connectivity index (χ1v) is 9.48. The Bertz CT molecular complexity index is 1090. The summed E-state index contributed by atoms with van der Waals surface area (Å²) in [6.07, 6.45) is 1.82. The fourth-order valence-corrected chi connectivity index (χ4v) is 2.28. The zero-order chi connectivity index (χ0) is 26.4.